The van der Waals surface area contributed by atoms with Gasteiger partial charge in [-0.05, 0) is 41.1 Å². The number of aromatic nitrogens is 1. The van der Waals surface area contributed by atoms with E-state index in [1.165, 1.54) is 0 Å². The maximum Gasteiger partial charge on any atom is 0.227 e. The minimum absolute atomic E-state index is 0.0678. The number of amides is 1. The third-order valence-corrected chi connectivity index (χ3v) is 4.88. The van der Waals surface area contributed by atoms with Crippen LogP contribution in [0.2, 0.25) is 0 Å². The van der Waals surface area contributed by atoms with E-state index < -0.39 is 0 Å². The molecule has 2 heterocycles. The molecule has 3 nitrogen and oxygen atoms in total. The number of carbonyl (C=O) groups is 1. The molecular formula is C20H20N2OS. The van der Waals surface area contributed by atoms with Crippen LogP contribution in [0.5, 0.6) is 0 Å². The fourth-order valence-corrected chi connectivity index (χ4v) is 3.41. The lowest BCUT2D eigenvalue weighted by Gasteiger charge is -2.15. The minimum atomic E-state index is -0.107. The van der Waals surface area contributed by atoms with Gasteiger partial charge in [0.15, 0.2) is 0 Å². The normalized spacial score (nSPS) is 11.9. The Morgan fingerprint density at radius 3 is 2.71 bits per heavy atom. The fraction of sp³-hybridized carbons (Fsp3) is 0.200. The van der Waals surface area contributed by atoms with Crippen LogP contribution in [-0.4, -0.2) is 10.9 Å². The molecule has 0 unspecified atom stereocenters. The van der Waals surface area contributed by atoms with Crippen molar-refractivity contribution in [3.63, 3.8) is 0 Å². The standard InChI is InChI=1S/C20H20N2OS/c1-2-17(16-7-4-3-5-8-16)20(23)22-14-15-10-11-21-18(13-15)19-9-6-12-24-19/h3-13,17H,2,14H2,1H3,(H,22,23)/t17-/m1/s1. The molecule has 0 bridgehead atoms. The maximum absolute atomic E-state index is 12.5. The first-order chi connectivity index (χ1) is 11.8. The molecule has 1 N–H and O–H groups in total. The summed E-state index contributed by atoms with van der Waals surface area (Å²) >= 11 is 1.67. The smallest absolute Gasteiger partial charge is 0.227 e. The van der Waals surface area contributed by atoms with Crippen molar-refractivity contribution in [3.8, 4) is 10.6 Å². The van der Waals surface area contributed by atoms with E-state index in [1.54, 1.807) is 17.5 Å². The van der Waals surface area contributed by atoms with E-state index in [-0.39, 0.29) is 11.8 Å². The largest absolute Gasteiger partial charge is 0.351 e. The molecule has 0 spiro atoms. The van der Waals surface area contributed by atoms with Crippen LogP contribution < -0.4 is 5.32 Å². The first-order valence-electron chi connectivity index (χ1n) is 8.09. The topological polar surface area (TPSA) is 42.0 Å². The first kappa shape index (κ1) is 16.4. The Bertz CT molecular complexity index is 784. The SMILES string of the molecule is CC[C@@H](C(=O)NCc1ccnc(-c2cccs2)c1)c1ccccc1. The van der Waals surface area contributed by atoms with Crippen LogP contribution in [-0.2, 0) is 11.3 Å². The van der Waals surface area contributed by atoms with Crippen LogP contribution in [0.4, 0.5) is 0 Å². The van der Waals surface area contributed by atoms with E-state index in [0.717, 1.165) is 28.1 Å². The van der Waals surface area contributed by atoms with Crippen molar-refractivity contribution in [1.82, 2.24) is 10.3 Å². The Hall–Kier alpha value is -2.46. The average Bonchev–Trinajstić information content (AvgIpc) is 3.16. The molecule has 122 valence electrons. The van der Waals surface area contributed by atoms with Crippen LogP contribution in [0.1, 0.15) is 30.4 Å². The zero-order valence-corrected chi connectivity index (χ0v) is 14.4. The highest BCUT2D eigenvalue weighted by molar-refractivity contribution is 7.13. The fourth-order valence-electron chi connectivity index (χ4n) is 2.71. The van der Waals surface area contributed by atoms with Gasteiger partial charge in [-0.3, -0.25) is 9.78 Å². The second-order valence-corrected chi connectivity index (χ2v) is 6.56. The highest BCUT2D eigenvalue weighted by Crippen LogP contribution is 2.23. The Labute approximate surface area is 146 Å². The summed E-state index contributed by atoms with van der Waals surface area (Å²) in [5.74, 6) is -0.0389. The van der Waals surface area contributed by atoms with E-state index in [0.29, 0.717) is 6.54 Å². The van der Waals surface area contributed by atoms with Crippen LogP contribution in [0.3, 0.4) is 0 Å². The molecule has 0 saturated carbocycles. The van der Waals surface area contributed by atoms with Crippen molar-refractivity contribution in [3.05, 3.63) is 77.3 Å². The molecule has 4 heteroatoms. The van der Waals surface area contributed by atoms with Gasteiger partial charge >= 0.3 is 0 Å². The van der Waals surface area contributed by atoms with Gasteiger partial charge in [0.1, 0.15) is 0 Å². The number of nitrogens with one attached hydrogen (secondary N) is 1. The zero-order valence-electron chi connectivity index (χ0n) is 13.6. The third-order valence-electron chi connectivity index (χ3n) is 3.99. The molecule has 0 aliphatic rings. The molecule has 0 aliphatic heterocycles. The molecule has 0 fully saturated rings. The van der Waals surface area contributed by atoms with Crippen molar-refractivity contribution in [2.75, 3.05) is 0 Å². The quantitative estimate of drug-likeness (QED) is 0.713. The second-order valence-electron chi connectivity index (χ2n) is 5.62. The molecule has 0 aliphatic carbocycles. The summed E-state index contributed by atoms with van der Waals surface area (Å²) in [6.07, 6.45) is 2.58. The van der Waals surface area contributed by atoms with E-state index >= 15 is 0 Å². The molecule has 24 heavy (non-hydrogen) atoms. The number of hydrogen-bond donors (Lipinski definition) is 1. The molecule has 0 saturated heterocycles. The predicted octanol–water partition coefficient (Wildman–Crippen LogP) is 4.62. The van der Waals surface area contributed by atoms with Crippen LogP contribution in [0.25, 0.3) is 10.6 Å². The highest BCUT2D eigenvalue weighted by atomic mass is 32.1. The Morgan fingerprint density at radius 1 is 1.17 bits per heavy atom. The molecular weight excluding hydrogens is 316 g/mol. The minimum Gasteiger partial charge on any atom is -0.351 e. The van der Waals surface area contributed by atoms with Gasteiger partial charge in [0.2, 0.25) is 5.91 Å². The first-order valence-corrected chi connectivity index (χ1v) is 8.97. The molecule has 2 aromatic heterocycles. The number of benzene rings is 1. The Balaban J connectivity index is 1.67. The van der Waals surface area contributed by atoms with Crippen LogP contribution in [0, 0.1) is 0 Å². The molecule has 0 radical (unpaired) electrons. The van der Waals surface area contributed by atoms with Gasteiger partial charge in [-0.25, -0.2) is 0 Å². The number of pyridine rings is 1. The number of carbonyl (C=O) groups excluding carboxylic acids is 1. The van der Waals surface area contributed by atoms with Gasteiger partial charge in [0.25, 0.3) is 0 Å². The van der Waals surface area contributed by atoms with E-state index in [1.807, 2.05) is 60.8 Å². The van der Waals surface area contributed by atoms with Gasteiger partial charge < -0.3 is 5.32 Å². The van der Waals surface area contributed by atoms with Gasteiger partial charge in [0.05, 0.1) is 16.5 Å². The van der Waals surface area contributed by atoms with Gasteiger partial charge in [-0.15, -0.1) is 11.3 Å². The van der Waals surface area contributed by atoms with Crippen molar-refractivity contribution in [2.24, 2.45) is 0 Å². The summed E-state index contributed by atoms with van der Waals surface area (Å²) in [7, 11) is 0. The molecule has 1 aromatic carbocycles. The number of thiophene rings is 1. The van der Waals surface area contributed by atoms with Gasteiger partial charge in [-0.1, -0.05) is 43.3 Å². The van der Waals surface area contributed by atoms with E-state index in [4.69, 9.17) is 0 Å². The summed E-state index contributed by atoms with van der Waals surface area (Å²) < 4.78 is 0. The lowest BCUT2D eigenvalue weighted by molar-refractivity contribution is -0.122. The van der Waals surface area contributed by atoms with Crippen molar-refractivity contribution < 1.29 is 4.79 Å². The third kappa shape index (κ3) is 3.89. The number of hydrogen-bond acceptors (Lipinski definition) is 3. The predicted molar refractivity (Wildman–Crippen MR) is 98.9 cm³/mol. The summed E-state index contributed by atoms with van der Waals surface area (Å²) in [5, 5.41) is 5.10. The van der Waals surface area contributed by atoms with Crippen molar-refractivity contribution in [2.45, 2.75) is 25.8 Å². The van der Waals surface area contributed by atoms with Crippen LogP contribution >= 0.6 is 11.3 Å². The second kappa shape index (κ2) is 7.88. The number of rotatable bonds is 6. The Kier molecular flexibility index (Phi) is 5.39. The average molecular weight is 336 g/mol. The van der Waals surface area contributed by atoms with E-state index in [9.17, 15) is 4.79 Å². The van der Waals surface area contributed by atoms with Crippen molar-refractivity contribution >= 4 is 17.2 Å². The van der Waals surface area contributed by atoms with Crippen molar-refractivity contribution in [1.29, 1.82) is 0 Å². The highest BCUT2D eigenvalue weighted by Gasteiger charge is 2.17. The summed E-state index contributed by atoms with van der Waals surface area (Å²) in [6.45, 7) is 2.56. The summed E-state index contributed by atoms with van der Waals surface area (Å²) in [6, 6.07) is 18.0. The summed E-state index contributed by atoms with van der Waals surface area (Å²) in [5.41, 5.74) is 3.07. The molecule has 1 atom stereocenters. The molecule has 1 amide bonds. The summed E-state index contributed by atoms with van der Waals surface area (Å²) in [4.78, 5) is 18.1. The van der Waals surface area contributed by atoms with E-state index in [2.05, 4.69) is 16.4 Å². The number of nitrogens with zero attached hydrogens (tertiary/aromatic N) is 1. The lowest BCUT2D eigenvalue weighted by atomic mass is 9.95. The van der Waals surface area contributed by atoms with Gasteiger partial charge in [0, 0.05) is 12.7 Å². The lowest BCUT2D eigenvalue weighted by Crippen LogP contribution is -2.28. The van der Waals surface area contributed by atoms with Gasteiger partial charge in [-0.2, -0.15) is 0 Å². The molecule has 3 aromatic rings. The molecule has 3 rings (SSSR count). The zero-order chi connectivity index (χ0) is 16.8. The van der Waals surface area contributed by atoms with Crippen LogP contribution in [0.15, 0.2) is 66.2 Å². The Morgan fingerprint density at radius 2 is 2.00 bits per heavy atom. The maximum atomic E-state index is 12.5. The monoisotopic (exact) mass is 336 g/mol.